The summed E-state index contributed by atoms with van der Waals surface area (Å²) in [5.74, 6) is 1.53. The van der Waals surface area contributed by atoms with Gasteiger partial charge in [0.05, 0.1) is 0 Å². The maximum absolute atomic E-state index is 11.3. The Hall–Kier alpha value is 0.210. The Balaban J connectivity index is 2.72. The van der Waals surface area contributed by atoms with Gasteiger partial charge in [0.2, 0.25) is 6.43 Å². The predicted molar refractivity (Wildman–Crippen MR) is 33.6 cm³/mol. The van der Waals surface area contributed by atoms with Crippen molar-refractivity contribution in [2.75, 3.05) is 11.5 Å². The van der Waals surface area contributed by atoms with Gasteiger partial charge >= 0.3 is 0 Å². The third kappa shape index (κ3) is 6.21. The van der Waals surface area contributed by atoms with Crippen LogP contribution in [0.5, 0.6) is 0 Å². The Labute approximate surface area is 52.7 Å². The van der Waals surface area contributed by atoms with Crippen molar-refractivity contribution in [3.8, 4) is 0 Å². The maximum atomic E-state index is 11.3. The SMILES string of the molecule is CCSCCC(F)F. The minimum atomic E-state index is -2.12. The molecule has 0 aromatic rings. The van der Waals surface area contributed by atoms with Gasteiger partial charge in [-0.05, 0) is 11.5 Å². The van der Waals surface area contributed by atoms with E-state index in [1.807, 2.05) is 6.92 Å². The van der Waals surface area contributed by atoms with Crippen LogP contribution >= 0.6 is 11.8 Å². The normalized spacial score (nSPS) is 10.5. The van der Waals surface area contributed by atoms with Gasteiger partial charge in [-0.1, -0.05) is 6.92 Å². The van der Waals surface area contributed by atoms with Crippen LogP contribution in [0.2, 0.25) is 0 Å². The number of hydrogen-bond donors (Lipinski definition) is 0. The number of alkyl halides is 2. The van der Waals surface area contributed by atoms with E-state index in [9.17, 15) is 8.78 Å². The molecule has 0 bridgehead atoms. The van der Waals surface area contributed by atoms with Crippen molar-refractivity contribution in [2.45, 2.75) is 19.8 Å². The van der Waals surface area contributed by atoms with Crippen LogP contribution in [-0.2, 0) is 0 Å². The average molecular weight is 140 g/mol. The summed E-state index contributed by atoms with van der Waals surface area (Å²) in [4.78, 5) is 0. The summed E-state index contributed by atoms with van der Waals surface area (Å²) >= 11 is 1.56. The molecule has 0 fully saturated rings. The summed E-state index contributed by atoms with van der Waals surface area (Å²) < 4.78 is 22.7. The van der Waals surface area contributed by atoms with Crippen LogP contribution in [0, 0.1) is 0 Å². The van der Waals surface area contributed by atoms with Gasteiger partial charge < -0.3 is 0 Å². The summed E-state index contributed by atoms with van der Waals surface area (Å²) in [5, 5.41) is 0. The number of halogens is 2. The summed E-state index contributed by atoms with van der Waals surface area (Å²) in [5.41, 5.74) is 0. The minimum Gasteiger partial charge on any atom is -0.211 e. The van der Waals surface area contributed by atoms with E-state index >= 15 is 0 Å². The van der Waals surface area contributed by atoms with Crippen LogP contribution < -0.4 is 0 Å². The molecule has 0 rings (SSSR count). The average Bonchev–Trinajstić information content (AvgIpc) is 1.66. The molecule has 0 amide bonds. The molecule has 0 spiro atoms. The lowest BCUT2D eigenvalue weighted by atomic mass is 10.5. The van der Waals surface area contributed by atoms with Gasteiger partial charge in [-0.15, -0.1) is 0 Å². The zero-order valence-electron chi connectivity index (χ0n) is 4.86. The summed E-state index contributed by atoms with van der Waals surface area (Å²) in [7, 11) is 0. The molecule has 0 aliphatic carbocycles. The van der Waals surface area contributed by atoms with E-state index in [-0.39, 0.29) is 6.42 Å². The Morgan fingerprint density at radius 1 is 1.50 bits per heavy atom. The van der Waals surface area contributed by atoms with Crippen LogP contribution in [0.25, 0.3) is 0 Å². The molecule has 0 aromatic heterocycles. The van der Waals surface area contributed by atoms with E-state index < -0.39 is 6.43 Å². The third-order valence-corrected chi connectivity index (χ3v) is 1.62. The van der Waals surface area contributed by atoms with E-state index in [1.54, 1.807) is 11.8 Å². The van der Waals surface area contributed by atoms with Crippen molar-refractivity contribution < 1.29 is 8.78 Å². The van der Waals surface area contributed by atoms with Crippen molar-refractivity contribution >= 4 is 11.8 Å². The summed E-state index contributed by atoms with van der Waals surface area (Å²) in [6.07, 6.45) is -2.08. The van der Waals surface area contributed by atoms with Crippen molar-refractivity contribution in [2.24, 2.45) is 0 Å². The van der Waals surface area contributed by atoms with Crippen LogP contribution in [0.1, 0.15) is 13.3 Å². The first-order valence-electron chi connectivity index (χ1n) is 2.63. The largest absolute Gasteiger partial charge is 0.239 e. The highest BCUT2D eigenvalue weighted by Crippen LogP contribution is 2.06. The first-order chi connectivity index (χ1) is 3.77. The van der Waals surface area contributed by atoms with E-state index in [0.29, 0.717) is 5.75 Å². The number of rotatable bonds is 4. The molecule has 0 nitrogen and oxygen atoms in total. The van der Waals surface area contributed by atoms with Crippen LogP contribution in [0.4, 0.5) is 8.78 Å². The van der Waals surface area contributed by atoms with Crippen LogP contribution in [0.3, 0.4) is 0 Å². The van der Waals surface area contributed by atoms with E-state index in [0.717, 1.165) is 5.75 Å². The first-order valence-corrected chi connectivity index (χ1v) is 3.78. The van der Waals surface area contributed by atoms with Crippen LogP contribution in [-0.4, -0.2) is 17.9 Å². The van der Waals surface area contributed by atoms with Gasteiger partial charge in [0.15, 0.2) is 0 Å². The molecule has 0 heterocycles. The molecule has 0 radical (unpaired) electrons. The van der Waals surface area contributed by atoms with Gasteiger partial charge in [-0.3, -0.25) is 0 Å². The molecule has 0 saturated heterocycles. The molecule has 0 atom stereocenters. The molecule has 0 N–H and O–H groups in total. The topological polar surface area (TPSA) is 0 Å². The van der Waals surface area contributed by atoms with Gasteiger partial charge in [-0.2, -0.15) is 11.8 Å². The van der Waals surface area contributed by atoms with Gasteiger partial charge in [0, 0.05) is 6.42 Å². The van der Waals surface area contributed by atoms with E-state index in [4.69, 9.17) is 0 Å². The standard InChI is InChI=1S/C5H10F2S/c1-2-8-4-3-5(6)7/h5H,2-4H2,1H3. The zero-order valence-corrected chi connectivity index (χ0v) is 5.68. The molecule has 0 aromatic carbocycles. The second-order valence-electron chi connectivity index (χ2n) is 1.38. The Bertz CT molecular complexity index is 47.7. The highest BCUT2D eigenvalue weighted by Gasteiger charge is 1.99. The monoisotopic (exact) mass is 140 g/mol. The Morgan fingerprint density at radius 2 is 2.12 bits per heavy atom. The second kappa shape index (κ2) is 5.35. The van der Waals surface area contributed by atoms with Gasteiger partial charge in [-0.25, -0.2) is 8.78 Å². The molecule has 0 aliphatic rings. The van der Waals surface area contributed by atoms with Gasteiger partial charge in [0.25, 0.3) is 0 Å². The van der Waals surface area contributed by atoms with Crippen molar-refractivity contribution in [1.82, 2.24) is 0 Å². The van der Waals surface area contributed by atoms with Crippen molar-refractivity contribution in [3.63, 3.8) is 0 Å². The predicted octanol–water partition coefficient (Wildman–Crippen LogP) is 2.39. The molecular formula is C5H10F2S. The van der Waals surface area contributed by atoms with Crippen molar-refractivity contribution in [1.29, 1.82) is 0 Å². The smallest absolute Gasteiger partial charge is 0.211 e. The molecule has 50 valence electrons. The minimum absolute atomic E-state index is 0.0402. The molecular weight excluding hydrogens is 130 g/mol. The number of hydrogen-bond acceptors (Lipinski definition) is 1. The highest BCUT2D eigenvalue weighted by atomic mass is 32.2. The van der Waals surface area contributed by atoms with E-state index in [2.05, 4.69) is 0 Å². The lowest BCUT2D eigenvalue weighted by Gasteiger charge is -1.94. The van der Waals surface area contributed by atoms with Gasteiger partial charge in [0.1, 0.15) is 0 Å². The van der Waals surface area contributed by atoms with Crippen LogP contribution in [0.15, 0.2) is 0 Å². The zero-order chi connectivity index (χ0) is 6.41. The molecule has 0 aliphatic heterocycles. The maximum Gasteiger partial charge on any atom is 0.239 e. The fourth-order valence-corrected chi connectivity index (χ4v) is 0.950. The molecule has 8 heavy (non-hydrogen) atoms. The number of thioether (sulfide) groups is 1. The highest BCUT2D eigenvalue weighted by molar-refractivity contribution is 7.99. The van der Waals surface area contributed by atoms with Crippen molar-refractivity contribution in [3.05, 3.63) is 0 Å². The van der Waals surface area contributed by atoms with E-state index in [1.165, 1.54) is 0 Å². The second-order valence-corrected chi connectivity index (χ2v) is 2.77. The summed E-state index contributed by atoms with van der Waals surface area (Å²) in [6, 6.07) is 0. The summed E-state index contributed by atoms with van der Waals surface area (Å²) in [6.45, 7) is 1.97. The fraction of sp³-hybridized carbons (Fsp3) is 1.00. The quantitative estimate of drug-likeness (QED) is 0.540. The lowest BCUT2D eigenvalue weighted by Crippen LogP contribution is -1.91. The Kier molecular flexibility index (Phi) is 5.49. The fourth-order valence-electron chi connectivity index (χ4n) is 0.317. The Morgan fingerprint density at radius 3 is 2.50 bits per heavy atom. The lowest BCUT2D eigenvalue weighted by molar-refractivity contribution is 0.145. The molecule has 3 heteroatoms. The molecule has 0 saturated carbocycles. The molecule has 0 unspecified atom stereocenters. The first kappa shape index (κ1) is 8.21. The third-order valence-electron chi connectivity index (χ3n) is 0.685.